The van der Waals surface area contributed by atoms with Gasteiger partial charge in [-0.2, -0.15) is 4.94 Å². The lowest BCUT2D eigenvalue weighted by Crippen LogP contribution is -2.05. The van der Waals surface area contributed by atoms with Crippen LogP contribution in [0.2, 0.25) is 0 Å². The molecule has 82 valence electrons. The number of hydrogen-bond acceptors (Lipinski definition) is 4. The van der Waals surface area contributed by atoms with E-state index in [0.717, 1.165) is 0 Å². The van der Waals surface area contributed by atoms with Gasteiger partial charge in [0.25, 0.3) is 0 Å². The Morgan fingerprint density at radius 2 is 2.40 bits per heavy atom. The number of phenolic OH excluding ortho intramolecular Hbond substituents is 1. The molecule has 0 radical (unpaired) electrons. The Labute approximate surface area is 87.1 Å². The van der Waals surface area contributed by atoms with Crippen molar-refractivity contribution in [3.8, 4) is 5.75 Å². The third kappa shape index (κ3) is 3.55. The lowest BCUT2D eigenvalue weighted by molar-refractivity contribution is -0.135. The molecule has 0 spiro atoms. The average molecular weight is 212 g/mol. The third-order valence-electron chi connectivity index (χ3n) is 1.83. The van der Waals surface area contributed by atoms with E-state index in [-0.39, 0.29) is 18.4 Å². The maximum Gasteiger partial charge on any atom is 0.126 e. The summed E-state index contributed by atoms with van der Waals surface area (Å²) in [5.41, 5.74) is 6.47. The highest BCUT2D eigenvalue weighted by atomic mass is 19.3. The number of phenols is 1. The van der Waals surface area contributed by atoms with E-state index in [0.29, 0.717) is 11.3 Å². The van der Waals surface area contributed by atoms with E-state index in [4.69, 9.17) is 5.73 Å². The molecule has 0 heterocycles. The summed E-state index contributed by atoms with van der Waals surface area (Å²) in [6.45, 7) is 1.59. The van der Waals surface area contributed by atoms with Crippen molar-refractivity contribution in [1.82, 2.24) is 0 Å². The molecule has 0 fully saturated rings. The Bertz CT molecular complexity index is 355. The number of aliphatic imine (C=N–C) groups is 1. The fourth-order valence-electron chi connectivity index (χ4n) is 1.01. The van der Waals surface area contributed by atoms with Crippen LogP contribution in [0.1, 0.15) is 12.5 Å². The highest BCUT2D eigenvalue weighted by Crippen LogP contribution is 2.18. The maximum absolute atomic E-state index is 11.5. The topological polar surface area (TPSA) is 67.8 Å². The van der Waals surface area contributed by atoms with Gasteiger partial charge in [-0.15, -0.1) is 0 Å². The van der Waals surface area contributed by atoms with Crippen LogP contribution in [0.4, 0.5) is 10.2 Å². The molecule has 1 aromatic carbocycles. The maximum atomic E-state index is 11.5. The normalized spacial score (nSPS) is 13.2. The SMILES string of the molecule is CC(COF)N=Cc1ccc(N)cc1O. The van der Waals surface area contributed by atoms with Crippen molar-refractivity contribution in [1.29, 1.82) is 0 Å². The molecule has 1 aromatic rings. The highest BCUT2D eigenvalue weighted by Gasteiger charge is 2.00. The Morgan fingerprint density at radius 3 is 3.00 bits per heavy atom. The molecule has 4 nitrogen and oxygen atoms in total. The number of anilines is 1. The first-order chi connectivity index (χ1) is 7.13. The fourth-order valence-corrected chi connectivity index (χ4v) is 1.01. The van der Waals surface area contributed by atoms with Gasteiger partial charge in [0.05, 0.1) is 6.04 Å². The summed E-state index contributed by atoms with van der Waals surface area (Å²) < 4.78 is 11.5. The fraction of sp³-hybridized carbons (Fsp3) is 0.300. The molecule has 0 aliphatic carbocycles. The predicted octanol–water partition coefficient (Wildman–Crippen LogP) is 1.68. The van der Waals surface area contributed by atoms with Gasteiger partial charge in [0.2, 0.25) is 0 Å². The quantitative estimate of drug-likeness (QED) is 0.589. The van der Waals surface area contributed by atoms with Gasteiger partial charge in [0.15, 0.2) is 0 Å². The molecule has 0 aliphatic rings. The van der Waals surface area contributed by atoms with Crippen LogP contribution in [0.25, 0.3) is 0 Å². The standard InChI is InChI=1S/C10H13FN2O2/c1-7(6-15-11)13-5-8-2-3-9(12)4-10(8)14/h2-5,7,14H,6,12H2,1H3. The smallest absolute Gasteiger partial charge is 0.126 e. The van der Waals surface area contributed by atoms with Gasteiger partial charge in [-0.3, -0.25) is 4.99 Å². The number of hydrogen-bond donors (Lipinski definition) is 2. The molecule has 3 N–H and O–H groups in total. The van der Waals surface area contributed by atoms with Crippen molar-refractivity contribution in [2.45, 2.75) is 13.0 Å². The Kier molecular flexibility index (Phi) is 4.05. The lowest BCUT2D eigenvalue weighted by atomic mass is 10.2. The number of benzene rings is 1. The summed E-state index contributed by atoms with van der Waals surface area (Å²) in [6, 6.07) is 4.42. The summed E-state index contributed by atoms with van der Waals surface area (Å²) in [4.78, 5) is 7.43. The van der Waals surface area contributed by atoms with Crippen molar-refractivity contribution < 1.29 is 14.6 Å². The largest absolute Gasteiger partial charge is 0.507 e. The molecule has 1 unspecified atom stereocenters. The minimum atomic E-state index is -0.299. The molecule has 0 aromatic heterocycles. The zero-order valence-electron chi connectivity index (χ0n) is 8.35. The van der Waals surface area contributed by atoms with Crippen molar-refractivity contribution in [2.75, 3.05) is 12.3 Å². The van der Waals surface area contributed by atoms with Crippen LogP contribution in [0.5, 0.6) is 5.75 Å². The van der Waals surface area contributed by atoms with E-state index in [1.807, 2.05) is 0 Å². The molecule has 0 saturated carbocycles. The van der Waals surface area contributed by atoms with E-state index >= 15 is 0 Å². The number of rotatable bonds is 4. The van der Waals surface area contributed by atoms with Crippen LogP contribution in [0.3, 0.4) is 0 Å². The number of aromatic hydroxyl groups is 1. The molecule has 0 saturated heterocycles. The van der Waals surface area contributed by atoms with Crippen LogP contribution < -0.4 is 5.73 Å². The van der Waals surface area contributed by atoms with E-state index in [1.165, 1.54) is 12.3 Å². The molecule has 0 bridgehead atoms. The molecule has 1 atom stereocenters. The molecule has 15 heavy (non-hydrogen) atoms. The van der Waals surface area contributed by atoms with Gasteiger partial charge in [-0.1, -0.05) is 0 Å². The molecular weight excluding hydrogens is 199 g/mol. The number of nitrogens with two attached hydrogens (primary N) is 1. The molecule has 0 amide bonds. The predicted molar refractivity (Wildman–Crippen MR) is 56.6 cm³/mol. The highest BCUT2D eigenvalue weighted by molar-refractivity contribution is 5.84. The van der Waals surface area contributed by atoms with Crippen LogP contribution in [0.15, 0.2) is 23.2 Å². The lowest BCUT2D eigenvalue weighted by Gasteiger charge is -2.02. The second kappa shape index (κ2) is 5.31. The first-order valence-electron chi connectivity index (χ1n) is 4.48. The molecule has 5 heteroatoms. The van der Waals surface area contributed by atoms with Gasteiger partial charge in [0.1, 0.15) is 12.4 Å². The minimum Gasteiger partial charge on any atom is -0.507 e. The minimum absolute atomic E-state index is 0.0483. The van der Waals surface area contributed by atoms with Crippen molar-refractivity contribution >= 4 is 11.9 Å². The van der Waals surface area contributed by atoms with Crippen LogP contribution in [0, 0.1) is 0 Å². The summed E-state index contributed by atoms with van der Waals surface area (Å²) in [7, 11) is 0. The van der Waals surface area contributed by atoms with Crippen molar-refractivity contribution in [3.63, 3.8) is 0 Å². The van der Waals surface area contributed by atoms with Gasteiger partial charge >= 0.3 is 0 Å². The monoisotopic (exact) mass is 212 g/mol. The third-order valence-corrected chi connectivity index (χ3v) is 1.83. The van der Waals surface area contributed by atoms with Gasteiger partial charge in [-0.25, -0.2) is 0 Å². The number of nitrogen functional groups attached to an aromatic ring is 1. The average Bonchev–Trinajstić information content (AvgIpc) is 2.17. The van der Waals surface area contributed by atoms with E-state index in [2.05, 4.69) is 9.93 Å². The summed E-state index contributed by atoms with van der Waals surface area (Å²) >= 11 is 0. The van der Waals surface area contributed by atoms with Gasteiger partial charge in [0, 0.05) is 23.5 Å². The van der Waals surface area contributed by atoms with E-state index < -0.39 is 0 Å². The molecular formula is C10H13FN2O2. The van der Waals surface area contributed by atoms with Crippen LogP contribution in [-0.2, 0) is 4.94 Å². The van der Waals surface area contributed by atoms with Gasteiger partial charge in [-0.05, 0) is 23.6 Å². The first kappa shape index (κ1) is 11.5. The Morgan fingerprint density at radius 1 is 1.67 bits per heavy atom. The first-order valence-corrected chi connectivity index (χ1v) is 4.48. The van der Waals surface area contributed by atoms with E-state index in [9.17, 15) is 9.63 Å². The zero-order valence-corrected chi connectivity index (χ0v) is 8.35. The Hall–Kier alpha value is -1.62. The van der Waals surface area contributed by atoms with Crippen LogP contribution in [-0.4, -0.2) is 24.0 Å². The Balaban J connectivity index is 2.72. The summed E-state index contributed by atoms with van der Waals surface area (Å²) in [5.74, 6) is 0.0483. The van der Waals surface area contributed by atoms with Crippen molar-refractivity contribution in [3.05, 3.63) is 23.8 Å². The zero-order chi connectivity index (χ0) is 11.3. The van der Waals surface area contributed by atoms with Gasteiger partial charge < -0.3 is 10.8 Å². The van der Waals surface area contributed by atoms with Crippen LogP contribution >= 0.6 is 0 Å². The summed E-state index contributed by atoms with van der Waals surface area (Å²) in [6.07, 6.45) is 1.46. The molecule has 1 rings (SSSR count). The summed E-state index contributed by atoms with van der Waals surface area (Å²) in [5, 5.41) is 9.46. The van der Waals surface area contributed by atoms with Crippen molar-refractivity contribution in [2.24, 2.45) is 4.99 Å². The molecule has 0 aliphatic heterocycles. The number of nitrogens with zero attached hydrogens (tertiary/aromatic N) is 1. The number of halogens is 1. The second-order valence-corrected chi connectivity index (χ2v) is 3.22. The van der Waals surface area contributed by atoms with E-state index in [1.54, 1.807) is 19.1 Å². The second-order valence-electron chi connectivity index (χ2n) is 3.22.